The van der Waals surface area contributed by atoms with Gasteiger partial charge in [-0.3, -0.25) is 9.78 Å². The fourth-order valence-electron chi connectivity index (χ4n) is 3.75. The molecule has 0 bridgehead atoms. The number of carbonyl (C=O) groups excluding carboxylic acids is 1. The first-order valence-corrected chi connectivity index (χ1v) is 10.3. The van der Waals surface area contributed by atoms with Crippen molar-refractivity contribution in [2.24, 2.45) is 0 Å². The SMILES string of the molecule is CCCC(=O)N1CCC[C@H]1c1nc(Nc2cccc(F)c2)cc(-c2ccncc2)n1. The van der Waals surface area contributed by atoms with Gasteiger partial charge < -0.3 is 10.2 Å². The molecular weight excluding hydrogens is 381 g/mol. The van der Waals surface area contributed by atoms with Crippen LogP contribution in [-0.2, 0) is 4.79 Å². The Hall–Kier alpha value is -3.35. The Balaban J connectivity index is 1.73. The molecular formula is C23H24FN5O. The zero-order valence-electron chi connectivity index (χ0n) is 16.9. The van der Waals surface area contributed by atoms with Crippen molar-refractivity contribution in [1.82, 2.24) is 19.9 Å². The summed E-state index contributed by atoms with van der Waals surface area (Å²) in [5.41, 5.74) is 2.24. The van der Waals surface area contributed by atoms with Crippen LogP contribution in [0.1, 0.15) is 44.5 Å². The molecule has 0 unspecified atom stereocenters. The van der Waals surface area contributed by atoms with Crippen molar-refractivity contribution in [3.05, 3.63) is 66.5 Å². The molecule has 1 amide bonds. The third-order valence-corrected chi connectivity index (χ3v) is 5.15. The van der Waals surface area contributed by atoms with Gasteiger partial charge in [-0.25, -0.2) is 14.4 Å². The number of pyridine rings is 1. The minimum atomic E-state index is -0.323. The lowest BCUT2D eigenvalue weighted by Gasteiger charge is -2.24. The van der Waals surface area contributed by atoms with Crippen molar-refractivity contribution in [2.45, 2.75) is 38.6 Å². The molecule has 1 aliphatic rings. The average Bonchev–Trinajstić information content (AvgIpc) is 3.25. The Bertz CT molecular complexity index is 1030. The van der Waals surface area contributed by atoms with Gasteiger partial charge in [0.05, 0.1) is 11.7 Å². The highest BCUT2D eigenvalue weighted by atomic mass is 19.1. The number of nitrogens with one attached hydrogen (secondary N) is 1. The Labute approximate surface area is 175 Å². The van der Waals surface area contributed by atoms with E-state index < -0.39 is 0 Å². The largest absolute Gasteiger partial charge is 0.340 e. The number of halogens is 1. The minimum Gasteiger partial charge on any atom is -0.340 e. The van der Waals surface area contributed by atoms with Crippen LogP contribution < -0.4 is 5.32 Å². The summed E-state index contributed by atoms with van der Waals surface area (Å²) >= 11 is 0. The van der Waals surface area contributed by atoms with Gasteiger partial charge in [-0.1, -0.05) is 13.0 Å². The molecule has 154 valence electrons. The van der Waals surface area contributed by atoms with Gasteiger partial charge in [0.2, 0.25) is 5.91 Å². The van der Waals surface area contributed by atoms with E-state index in [1.807, 2.05) is 30.0 Å². The number of anilines is 2. The molecule has 30 heavy (non-hydrogen) atoms. The number of likely N-dealkylation sites (tertiary alicyclic amines) is 1. The van der Waals surface area contributed by atoms with E-state index >= 15 is 0 Å². The second kappa shape index (κ2) is 8.98. The minimum absolute atomic E-state index is 0.137. The molecule has 6 nitrogen and oxygen atoms in total. The van der Waals surface area contributed by atoms with Gasteiger partial charge in [0, 0.05) is 42.7 Å². The van der Waals surface area contributed by atoms with E-state index in [2.05, 4.69) is 10.3 Å². The van der Waals surface area contributed by atoms with Crippen LogP contribution in [-0.4, -0.2) is 32.3 Å². The molecule has 0 saturated carbocycles. The van der Waals surface area contributed by atoms with E-state index in [1.54, 1.807) is 24.5 Å². The van der Waals surface area contributed by atoms with Crippen molar-refractivity contribution < 1.29 is 9.18 Å². The molecule has 1 saturated heterocycles. The number of hydrogen-bond acceptors (Lipinski definition) is 5. The maximum Gasteiger partial charge on any atom is 0.223 e. The van der Waals surface area contributed by atoms with Crippen LogP contribution in [0.15, 0.2) is 54.9 Å². The smallest absolute Gasteiger partial charge is 0.223 e. The standard InChI is InChI=1S/C23H24FN5O/c1-2-5-22(30)29-13-4-8-20(29)23-27-19(16-9-11-25-12-10-16)15-21(28-23)26-18-7-3-6-17(24)14-18/h3,6-7,9-12,14-15,20H,2,4-5,8,13H2,1H3,(H,26,27,28)/t20-/m0/s1. The lowest BCUT2D eigenvalue weighted by Crippen LogP contribution is -2.31. The van der Waals surface area contributed by atoms with Crippen LogP contribution in [0.2, 0.25) is 0 Å². The number of rotatable bonds is 6. The topological polar surface area (TPSA) is 71.0 Å². The molecule has 4 rings (SSSR count). The zero-order valence-corrected chi connectivity index (χ0v) is 16.9. The Morgan fingerprint density at radius 3 is 2.80 bits per heavy atom. The molecule has 1 fully saturated rings. The number of aromatic nitrogens is 3. The second-order valence-electron chi connectivity index (χ2n) is 7.36. The Kier molecular flexibility index (Phi) is 5.97. The first-order valence-electron chi connectivity index (χ1n) is 10.3. The van der Waals surface area contributed by atoms with Crippen molar-refractivity contribution in [2.75, 3.05) is 11.9 Å². The summed E-state index contributed by atoms with van der Waals surface area (Å²) in [7, 11) is 0. The Morgan fingerprint density at radius 2 is 2.03 bits per heavy atom. The van der Waals surface area contributed by atoms with E-state index in [0.717, 1.165) is 37.1 Å². The lowest BCUT2D eigenvalue weighted by atomic mass is 10.1. The number of benzene rings is 1. The van der Waals surface area contributed by atoms with Crippen LogP contribution in [0.4, 0.5) is 15.9 Å². The molecule has 3 aromatic rings. The summed E-state index contributed by atoms with van der Waals surface area (Å²) in [6.45, 7) is 2.73. The molecule has 1 atom stereocenters. The van der Waals surface area contributed by atoms with E-state index in [0.29, 0.717) is 23.8 Å². The van der Waals surface area contributed by atoms with E-state index in [1.165, 1.54) is 12.1 Å². The van der Waals surface area contributed by atoms with Crippen LogP contribution in [0.5, 0.6) is 0 Å². The maximum absolute atomic E-state index is 13.6. The quantitative estimate of drug-likeness (QED) is 0.633. The molecule has 7 heteroatoms. The predicted octanol–water partition coefficient (Wildman–Crippen LogP) is 4.88. The highest BCUT2D eigenvalue weighted by molar-refractivity contribution is 5.77. The summed E-state index contributed by atoms with van der Waals surface area (Å²) < 4.78 is 13.6. The highest BCUT2D eigenvalue weighted by Gasteiger charge is 2.32. The van der Waals surface area contributed by atoms with Crippen LogP contribution in [0.25, 0.3) is 11.3 Å². The first kappa shape index (κ1) is 19.9. The molecule has 1 N–H and O–H groups in total. The van der Waals surface area contributed by atoms with Crippen molar-refractivity contribution in [3.63, 3.8) is 0 Å². The average molecular weight is 405 g/mol. The fourth-order valence-corrected chi connectivity index (χ4v) is 3.75. The summed E-state index contributed by atoms with van der Waals surface area (Å²) in [6, 6.07) is 11.7. The summed E-state index contributed by atoms with van der Waals surface area (Å²) in [6.07, 6.45) is 6.51. The van der Waals surface area contributed by atoms with Gasteiger partial charge in [-0.2, -0.15) is 0 Å². The predicted molar refractivity (Wildman–Crippen MR) is 114 cm³/mol. The third-order valence-electron chi connectivity index (χ3n) is 5.15. The van der Waals surface area contributed by atoms with Crippen LogP contribution in [0, 0.1) is 5.82 Å². The summed E-state index contributed by atoms with van der Waals surface area (Å²) in [4.78, 5) is 28.1. The van der Waals surface area contributed by atoms with Gasteiger partial charge >= 0.3 is 0 Å². The van der Waals surface area contributed by atoms with Gasteiger partial charge in [-0.05, 0) is 49.6 Å². The van der Waals surface area contributed by atoms with Gasteiger partial charge in [-0.15, -0.1) is 0 Å². The fraction of sp³-hybridized carbons (Fsp3) is 0.304. The second-order valence-corrected chi connectivity index (χ2v) is 7.36. The number of hydrogen-bond donors (Lipinski definition) is 1. The first-order chi connectivity index (χ1) is 14.6. The molecule has 0 aliphatic carbocycles. The van der Waals surface area contributed by atoms with E-state index in [4.69, 9.17) is 9.97 Å². The summed E-state index contributed by atoms with van der Waals surface area (Å²) in [5.74, 6) is 0.977. The summed E-state index contributed by atoms with van der Waals surface area (Å²) in [5, 5.41) is 3.18. The molecule has 0 radical (unpaired) electrons. The number of nitrogens with zero attached hydrogens (tertiary/aromatic N) is 4. The van der Waals surface area contributed by atoms with E-state index in [-0.39, 0.29) is 17.8 Å². The molecule has 1 aromatic carbocycles. The molecule has 2 aromatic heterocycles. The normalized spacial score (nSPS) is 15.9. The van der Waals surface area contributed by atoms with Crippen molar-refractivity contribution in [3.8, 4) is 11.3 Å². The molecule has 0 spiro atoms. The van der Waals surface area contributed by atoms with Gasteiger partial charge in [0.1, 0.15) is 11.6 Å². The maximum atomic E-state index is 13.6. The Morgan fingerprint density at radius 1 is 1.20 bits per heavy atom. The highest BCUT2D eigenvalue weighted by Crippen LogP contribution is 2.33. The van der Waals surface area contributed by atoms with Crippen molar-refractivity contribution >= 4 is 17.4 Å². The molecule has 3 heterocycles. The monoisotopic (exact) mass is 405 g/mol. The third kappa shape index (κ3) is 4.45. The van der Waals surface area contributed by atoms with Crippen molar-refractivity contribution in [1.29, 1.82) is 0 Å². The van der Waals surface area contributed by atoms with Crippen LogP contribution >= 0.6 is 0 Å². The number of carbonyl (C=O) groups is 1. The lowest BCUT2D eigenvalue weighted by molar-refractivity contribution is -0.132. The zero-order chi connectivity index (χ0) is 20.9. The van der Waals surface area contributed by atoms with Crippen LogP contribution in [0.3, 0.4) is 0 Å². The molecule has 1 aliphatic heterocycles. The van der Waals surface area contributed by atoms with Gasteiger partial charge in [0.25, 0.3) is 0 Å². The van der Waals surface area contributed by atoms with Gasteiger partial charge in [0.15, 0.2) is 5.82 Å². The van der Waals surface area contributed by atoms with E-state index in [9.17, 15) is 9.18 Å². The number of amides is 1.